The topological polar surface area (TPSA) is 46.6 Å². The van der Waals surface area contributed by atoms with Crippen LogP contribution < -0.4 is 0 Å². The van der Waals surface area contributed by atoms with Crippen LogP contribution in [0.25, 0.3) is 6.08 Å². The second-order valence-corrected chi connectivity index (χ2v) is 6.01. The van der Waals surface area contributed by atoms with E-state index in [-0.39, 0.29) is 12.5 Å². The smallest absolute Gasteiger partial charge is 0.325 e. The maximum absolute atomic E-state index is 12.0. The Kier molecular flexibility index (Phi) is 4.15. The summed E-state index contributed by atoms with van der Waals surface area (Å²) in [7, 11) is 1.28. The van der Waals surface area contributed by atoms with Gasteiger partial charge in [0.05, 0.1) is 12.0 Å². The van der Waals surface area contributed by atoms with Crippen molar-refractivity contribution in [1.82, 2.24) is 4.90 Å². The van der Waals surface area contributed by atoms with Gasteiger partial charge in [0.2, 0.25) is 0 Å². The maximum Gasteiger partial charge on any atom is 0.325 e. The average Bonchev–Trinajstić information content (AvgIpc) is 2.94. The van der Waals surface area contributed by atoms with E-state index in [9.17, 15) is 9.59 Å². The molecule has 1 aromatic rings. The lowest BCUT2D eigenvalue weighted by Gasteiger charge is -2.11. The van der Waals surface area contributed by atoms with E-state index in [4.69, 9.17) is 12.2 Å². The summed E-state index contributed by atoms with van der Waals surface area (Å²) >= 11 is 7.82. The molecule has 0 saturated carbocycles. The van der Waals surface area contributed by atoms with E-state index in [2.05, 4.69) is 4.74 Å². The minimum absolute atomic E-state index is 0.136. The molecule has 0 radical (unpaired) electrons. The molecule has 94 valence electrons. The third kappa shape index (κ3) is 2.80. The number of carbonyl (C=O) groups excluding carboxylic acids is 2. The second kappa shape index (κ2) is 5.64. The molecule has 4 nitrogen and oxygen atoms in total. The van der Waals surface area contributed by atoms with Crippen LogP contribution in [0.5, 0.6) is 0 Å². The van der Waals surface area contributed by atoms with Crippen LogP contribution in [0.15, 0.2) is 22.4 Å². The first-order valence-corrected chi connectivity index (χ1v) is 7.08. The van der Waals surface area contributed by atoms with Crippen molar-refractivity contribution in [3.8, 4) is 0 Å². The molecule has 0 N–H and O–H groups in total. The SMILES string of the molecule is COC(=O)CN1C(=O)/C(=C/c2cccs2)SC1=S. The van der Waals surface area contributed by atoms with E-state index in [0.29, 0.717) is 9.23 Å². The first-order chi connectivity index (χ1) is 8.61. The molecule has 1 fully saturated rings. The van der Waals surface area contributed by atoms with Crippen LogP contribution in [0.4, 0.5) is 0 Å². The molecule has 0 aliphatic carbocycles. The molecule has 0 atom stereocenters. The zero-order valence-electron chi connectivity index (χ0n) is 9.41. The monoisotopic (exact) mass is 299 g/mol. The lowest BCUT2D eigenvalue weighted by atomic mass is 10.4. The third-order valence-corrected chi connectivity index (χ3v) is 4.40. The van der Waals surface area contributed by atoms with Crippen molar-refractivity contribution >= 4 is 57.6 Å². The molecule has 2 rings (SSSR count). The first kappa shape index (κ1) is 13.3. The minimum Gasteiger partial charge on any atom is -0.468 e. The van der Waals surface area contributed by atoms with Crippen molar-refractivity contribution in [2.45, 2.75) is 0 Å². The lowest BCUT2D eigenvalue weighted by Crippen LogP contribution is -2.33. The van der Waals surface area contributed by atoms with Crippen LogP contribution in [0, 0.1) is 0 Å². The third-order valence-electron chi connectivity index (χ3n) is 2.21. The van der Waals surface area contributed by atoms with Gasteiger partial charge in [0.15, 0.2) is 0 Å². The van der Waals surface area contributed by atoms with E-state index in [1.165, 1.54) is 35.1 Å². The van der Waals surface area contributed by atoms with Gasteiger partial charge in [-0.2, -0.15) is 0 Å². The van der Waals surface area contributed by atoms with Gasteiger partial charge < -0.3 is 4.74 Å². The Balaban J connectivity index is 2.16. The van der Waals surface area contributed by atoms with Crippen molar-refractivity contribution in [3.63, 3.8) is 0 Å². The predicted molar refractivity (Wildman–Crippen MR) is 76.2 cm³/mol. The maximum atomic E-state index is 12.0. The summed E-state index contributed by atoms with van der Waals surface area (Å²) in [6.45, 7) is -0.136. The lowest BCUT2D eigenvalue weighted by molar-refractivity contribution is -0.143. The van der Waals surface area contributed by atoms with Gasteiger partial charge in [-0.3, -0.25) is 14.5 Å². The molecular weight excluding hydrogens is 290 g/mol. The molecule has 1 saturated heterocycles. The minimum atomic E-state index is -0.483. The molecule has 7 heteroatoms. The van der Waals surface area contributed by atoms with Crippen LogP contribution in [0.3, 0.4) is 0 Å². The molecule has 1 aliphatic heterocycles. The van der Waals surface area contributed by atoms with Gasteiger partial charge >= 0.3 is 5.97 Å². The van der Waals surface area contributed by atoms with Gasteiger partial charge in [-0.15, -0.1) is 11.3 Å². The van der Waals surface area contributed by atoms with Crippen LogP contribution in [-0.4, -0.2) is 34.8 Å². The Morgan fingerprint density at radius 1 is 1.61 bits per heavy atom. The summed E-state index contributed by atoms with van der Waals surface area (Å²) in [6.07, 6.45) is 1.78. The fourth-order valence-corrected chi connectivity index (χ4v) is 3.31. The first-order valence-electron chi connectivity index (χ1n) is 4.97. The zero-order valence-corrected chi connectivity index (χ0v) is 11.9. The summed E-state index contributed by atoms with van der Waals surface area (Å²) in [5.74, 6) is -0.729. The highest BCUT2D eigenvalue weighted by Gasteiger charge is 2.33. The standard InChI is InChI=1S/C11H9NO3S3/c1-15-9(13)6-12-10(14)8(18-11(12)16)5-7-3-2-4-17-7/h2-5H,6H2,1H3/b8-5-. The average molecular weight is 299 g/mol. The van der Waals surface area contributed by atoms with Crippen molar-refractivity contribution in [2.75, 3.05) is 13.7 Å². The highest BCUT2D eigenvalue weighted by Crippen LogP contribution is 2.32. The Hall–Kier alpha value is -1.18. The molecule has 0 bridgehead atoms. The van der Waals surface area contributed by atoms with E-state index < -0.39 is 5.97 Å². The number of esters is 1. The van der Waals surface area contributed by atoms with Crippen LogP contribution in [-0.2, 0) is 14.3 Å². The van der Waals surface area contributed by atoms with E-state index in [1.807, 2.05) is 17.5 Å². The Bertz CT molecular complexity index is 522. The number of ether oxygens (including phenoxy) is 1. The highest BCUT2D eigenvalue weighted by atomic mass is 32.2. The molecule has 1 aliphatic rings. The highest BCUT2D eigenvalue weighted by molar-refractivity contribution is 8.26. The number of thiophene rings is 1. The molecule has 2 heterocycles. The number of thioether (sulfide) groups is 1. The normalized spacial score (nSPS) is 17.6. The summed E-state index contributed by atoms with van der Waals surface area (Å²) in [5, 5.41) is 1.93. The molecule has 0 unspecified atom stereocenters. The number of hydrogen-bond donors (Lipinski definition) is 0. The molecule has 1 amide bonds. The van der Waals surface area contributed by atoms with Gasteiger partial charge in [0, 0.05) is 4.88 Å². The Morgan fingerprint density at radius 2 is 2.39 bits per heavy atom. The van der Waals surface area contributed by atoms with Gasteiger partial charge in [0.25, 0.3) is 5.91 Å². The second-order valence-electron chi connectivity index (χ2n) is 3.36. The van der Waals surface area contributed by atoms with Crippen LogP contribution in [0.1, 0.15) is 4.88 Å². The number of amides is 1. The van der Waals surface area contributed by atoms with Crippen molar-refractivity contribution in [2.24, 2.45) is 0 Å². The zero-order chi connectivity index (χ0) is 13.1. The number of hydrogen-bond acceptors (Lipinski definition) is 6. The van der Waals surface area contributed by atoms with Crippen LogP contribution >= 0.6 is 35.3 Å². The summed E-state index contributed by atoms with van der Waals surface area (Å²) < 4.78 is 4.91. The number of nitrogens with zero attached hydrogens (tertiary/aromatic N) is 1. The van der Waals surface area contributed by atoms with Crippen molar-refractivity contribution in [1.29, 1.82) is 0 Å². The van der Waals surface area contributed by atoms with Gasteiger partial charge in [-0.05, 0) is 17.5 Å². The number of carbonyl (C=O) groups is 2. The van der Waals surface area contributed by atoms with Gasteiger partial charge in [-0.1, -0.05) is 30.0 Å². The van der Waals surface area contributed by atoms with E-state index >= 15 is 0 Å². The number of methoxy groups -OCH3 is 1. The van der Waals surface area contributed by atoms with Gasteiger partial charge in [-0.25, -0.2) is 0 Å². The Morgan fingerprint density at radius 3 is 3.00 bits per heavy atom. The summed E-state index contributed by atoms with van der Waals surface area (Å²) in [5.41, 5.74) is 0. The largest absolute Gasteiger partial charge is 0.468 e. The number of rotatable bonds is 3. The molecule has 0 aromatic carbocycles. The predicted octanol–water partition coefficient (Wildman–Crippen LogP) is 2.12. The van der Waals surface area contributed by atoms with E-state index in [0.717, 1.165) is 4.88 Å². The van der Waals surface area contributed by atoms with Crippen molar-refractivity contribution < 1.29 is 14.3 Å². The number of thiocarbonyl (C=S) groups is 1. The summed E-state index contributed by atoms with van der Waals surface area (Å²) in [6, 6.07) is 3.82. The fraction of sp³-hybridized carbons (Fsp3) is 0.182. The van der Waals surface area contributed by atoms with Crippen LogP contribution in [0.2, 0.25) is 0 Å². The Labute approximate surface area is 118 Å². The van der Waals surface area contributed by atoms with Gasteiger partial charge in [0.1, 0.15) is 10.9 Å². The molecule has 1 aromatic heterocycles. The fourth-order valence-electron chi connectivity index (χ4n) is 1.33. The van der Waals surface area contributed by atoms with Crippen molar-refractivity contribution in [3.05, 3.63) is 27.3 Å². The molecule has 0 spiro atoms. The molecule has 18 heavy (non-hydrogen) atoms. The summed E-state index contributed by atoms with van der Waals surface area (Å²) in [4.78, 5) is 26.0. The molecular formula is C11H9NO3S3. The van der Waals surface area contributed by atoms with E-state index in [1.54, 1.807) is 6.08 Å². The quantitative estimate of drug-likeness (QED) is 0.486.